The summed E-state index contributed by atoms with van der Waals surface area (Å²) in [6.07, 6.45) is 2.52. The molecular weight excluding hydrogens is 394 g/mol. The molecule has 0 radical (unpaired) electrons. The van der Waals surface area contributed by atoms with Crippen molar-refractivity contribution in [2.75, 3.05) is 10.6 Å². The van der Waals surface area contributed by atoms with E-state index in [-0.39, 0.29) is 22.6 Å². The summed E-state index contributed by atoms with van der Waals surface area (Å²) in [5.41, 5.74) is 1.36. The number of carbonyl (C=O) groups excluding carboxylic acids is 1. The standard InChI is InChI=1S/C21H16F2N4O3/c1-11-3-2-4-13(7-11)25-20(28)15-10-24-27-18(9-17(21(29)30)26-19(15)27)14-6-5-12(22)8-16(14)23/h2-10,18,26H,1H3,(H,25,28)(H,29,30). The van der Waals surface area contributed by atoms with Crippen LogP contribution in [0.4, 0.5) is 20.3 Å². The van der Waals surface area contributed by atoms with Crippen LogP contribution in [0.1, 0.15) is 27.5 Å². The summed E-state index contributed by atoms with van der Waals surface area (Å²) in [5, 5.41) is 19.0. The Morgan fingerprint density at radius 1 is 1.20 bits per heavy atom. The summed E-state index contributed by atoms with van der Waals surface area (Å²) in [4.78, 5) is 24.4. The third kappa shape index (κ3) is 3.52. The van der Waals surface area contributed by atoms with E-state index in [0.29, 0.717) is 11.8 Å². The van der Waals surface area contributed by atoms with Crippen LogP contribution in [0.15, 0.2) is 60.4 Å². The van der Waals surface area contributed by atoms with Crippen molar-refractivity contribution in [3.8, 4) is 0 Å². The molecule has 0 saturated carbocycles. The van der Waals surface area contributed by atoms with Gasteiger partial charge in [0, 0.05) is 17.3 Å². The monoisotopic (exact) mass is 410 g/mol. The maximum atomic E-state index is 14.4. The Morgan fingerprint density at radius 3 is 2.70 bits per heavy atom. The number of aryl methyl sites for hydroxylation is 1. The summed E-state index contributed by atoms with van der Waals surface area (Å²) >= 11 is 0. The summed E-state index contributed by atoms with van der Waals surface area (Å²) in [6, 6.07) is 9.18. The molecule has 9 heteroatoms. The first-order chi connectivity index (χ1) is 14.3. The second-order valence-corrected chi connectivity index (χ2v) is 6.80. The Labute approximate surface area is 169 Å². The van der Waals surface area contributed by atoms with Gasteiger partial charge in [-0.25, -0.2) is 18.3 Å². The maximum absolute atomic E-state index is 14.4. The van der Waals surface area contributed by atoms with E-state index >= 15 is 0 Å². The molecule has 1 aliphatic rings. The Morgan fingerprint density at radius 2 is 2.00 bits per heavy atom. The number of carboxylic acids is 1. The maximum Gasteiger partial charge on any atom is 0.352 e. The Bertz CT molecular complexity index is 1200. The number of hydrogen-bond acceptors (Lipinski definition) is 4. The number of aromatic nitrogens is 2. The van der Waals surface area contributed by atoms with Crippen LogP contribution in [0.25, 0.3) is 0 Å². The summed E-state index contributed by atoms with van der Waals surface area (Å²) in [5.74, 6) is -3.32. The molecule has 4 rings (SSSR count). The molecule has 1 amide bonds. The Balaban J connectivity index is 1.75. The number of anilines is 2. The predicted octanol–water partition coefficient (Wildman–Crippen LogP) is 3.71. The van der Waals surface area contributed by atoms with Crippen LogP contribution in [-0.4, -0.2) is 26.8 Å². The normalized spacial score (nSPS) is 15.0. The van der Waals surface area contributed by atoms with Crippen LogP contribution in [-0.2, 0) is 4.79 Å². The second kappa shape index (κ2) is 7.43. The molecule has 152 valence electrons. The molecule has 1 atom stereocenters. The highest BCUT2D eigenvalue weighted by Crippen LogP contribution is 2.33. The molecular formula is C21H16F2N4O3. The van der Waals surface area contributed by atoms with Crippen molar-refractivity contribution < 1.29 is 23.5 Å². The first kappa shape index (κ1) is 19.3. The number of fused-ring (bicyclic) bond motifs is 1. The lowest BCUT2D eigenvalue weighted by molar-refractivity contribution is -0.132. The van der Waals surface area contributed by atoms with Crippen molar-refractivity contribution in [3.05, 3.63) is 88.8 Å². The third-order valence-electron chi connectivity index (χ3n) is 4.67. The summed E-state index contributed by atoms with van der Waals surface area (Å²) in [7, 11) is 0. The fraction of sp³-hybridized carbons (Fsp3) is 0.0952. The van der Waals surface area contributed by atoms with Gasteiger partial charge in [-0.15, -0.1) is 0 Å². The fourth-order valence-electron chi connectivity index (χ4n) is 3.27. The minimum atomic E-state index is -1.29. The van der Waals surface area contributed by atoms with Crippen LogP contribution in [0.2, 0.25) is 0 Å². The van der Waals surface area contributed by atoms with Crippen molar-refractivity contribution in [3.63, 3.8) is 0 Å². The highest BCUT2D eigenvalue weighted by Gasteiger charge is 2.30. The number of nitrogens with one attached hydrogen (secondary N) is 2. The van der Waals surface area contributed by atoms with Gasteiger partial charge in [-0.1, -0.05) is 18.2 Å². The van der Waals surface area contributed by atoms with E-state index < -0.39 is 29.6 Å². The zero-order chi connectivity index (χ0) is 21.4. The van der Waals surface area contributed by atoms with E-state index in [0.717, 1.165) is 11.6 Å². The van der Waals surface area contributed by atoms with Gasteiger partial charge in [-0.05, 0) is 36.8 Å². The molecule has 0 spiro atoms. The number of allylic oxidation sites excluding steroid dienone is 1. The Kier molecular flexibility index (Phi) is 4.78. The van der Waals surface area contributed by atoms with Gasteiger partial charge in [-0.3, -0.25) is 4.79 Å². The second-order valence-electron chi connectivity index (χ2n) is 6.80. The van der Waals surface area contributed by atoms with Gasteiger partial charge in [0.15, 0.2) is 0 Å². The van der Waals surface area contributed by atoms with Crippen LogP contribution in [0, 0.1) is 18.6 Å². The van der Waals surface area contributed by atoms with Crippen LogP contribution < -0.4 is 10.6 Å². The van der Waals surface area contributed by atoms with Gasteiger partial charge in [0.25, 0.3) is 5.91 Å². The van der Waals surface area contributed by atoms with Gasteiger partial charge in [0.2, 0.25) is 0 Å². The van der Waals surface area contributed by atoms with Gasteiger partial charge in [-0.2, -0.15) is 5.10 Å². The predicted molar refractivity (Wildman–Crippen MR) is 105 cm³/mol. The number of carbonyl (C=O) groups is 2. The smallest absolute Gasteiger partial charge is 0.352 e. The van der Waals surface area contributed by atoms with Gasteiger partial charge in [0.1, 0.15) is 34.8 Å². The zero-order valence-corrected chi connectivity index (χ0v) is 15.7. The largest absolute Gasteiger partial charge is 0.477 e. The molecule has 1 unspecified atom stereocenters. The van der Waals surface area contributed by atoms with Crippen molar-refractivity contribution >= 4 is 23.4 Å². The van der Waals surface area contributed by atoms with Crippen LogP contribution in [0.5, 0.6) is 0 Å². The van der Waals surface area contributed by atoms with E-state index in [1.54, 1.807) is 18.2 Å². The molecule has 2 heterocycles. The van der Waals surface area contributed by atoms with Crippen LogP contribution in [0.3, 0.4) is 0 Å². The van der Waals surface area contributed by atoms with E-state index in [1.807, 2.05) is 13.0 Å². The number of rotatable bonds is 4. The number of benzene rings is 2. The number of carboxylic acid groups (broad SMARTS) is 1. The lowest BCUT2D eigenvalue weighted by Crippen LogP contribution is -2.26. The lowest BCUT2D eigenvalue weighted by Gasteiger charge is -2.24. The number of hydrogen-bond donors (Lipinski definition) is 3. The molecule has 1 aromatic heterocycles. The topological polar surface area (TPSA) is 96.3 Å². The average Bonchev–Trinajstić information content (AvgIpc) is 3.11. The molecule has 2 aromatic carbocycles. The molecule has 0 saturated heterocycles. The van der Waals surface area contributed by atoms with Gasteiger partial charge in [0.05, 0.1) is 6.20 Å². The molecule has 3 aromatic rings. The minimum absolute atomic E-state index is 0.0200. The molecule has 0 bridgehead atoms. The van der Waals surface area contributed by atoms with E-state index in [1.165, 1.54) is 23.0 Å². The average molecular weight is 410 g/mol. The highest BCUT2D eigenvalue weighted by atomic mass is 19.1. The number of nitrogens with zero attached hydrogens (tertiary/aromatic N) is 2. The molecule has 0 aliphatic carbocycles. The fourth-order valence-corrected chi connectivity index (χ4v) is 3.27. The lowest BCUT2D eigenvalue weighted by atomic mass is 10.0. The SMILES string of the molecule is Cc1cccc(NC(=O)c2cnn3c2NC(C(=O)O)=CC3c2ccc(F)cc2F)c1. The van der Waals surface area contributed by atoms with Gasteiger partial charge < -0.3 is 15.7 Å². The summed E-state index contributed by atoms with van der Waals surface area (Å²) < 4.78 is 29.0. The molecule has 0 fully saturated rings. The van der Waals surface area contributed by atoms with Crippen molar-refractivity contribution in [1.29, 1.82) is 0 Å². The van der Waals surface area contributed by atoms with E-state index in [2.05, 4.69) is 15.7 Å². The number of aliphatic carboxylic acids is 1. The number of halogens is 2. The van der Waals surface area contributed by atoms with Crippen molar-refractivity contribution in [1.82, 2.24) is 9.78 Å². The first-order valence-corrected chi connectivity index (χ1v) is 8.96. The molecule has 1 aliphatic heterocycles. The van der Waals surface area contributed by atoms with Crippen molar-refractivity contribution in [2.24, 2.45) is 0 Å². The van der Waals surface area contributed by atoms with Crippen molar-refractivity contribution in [2.45, 2.75) is 13.0 Å². The summed E-state index contributed by atoms with van der Waals surface area (Å²) in [6.45, 7) is 1.88. The Hall–Kier alpha value is -4.01. The first-order valence-electron chi connectivity index (χ1n) is 8.96. The number of amides is 1. The van der Waals surface area contributed by atoms with Gasteiger partial charge >= 0.3 is 5.97 Å². The highest BCUT2D eigenvalue weighted by molar-refractivity contribution is 6.08. The third-order valence-corrected chi connectivity index (χ3v) is 4.67. The van der Waals surface area contributed by atoms with E-state index in [4.69, 9.17) is 0 Å². The zero-order valence-electron chi connectivity index (χ0n) is 15.7. The van der Waals surface area contributed by atoms with E-state index in [9.17, 15) is 23.5 Å². The molecule has 7 nitrogen and oxygen atoms in total. The quantitative estimate of drug-likeness (QED) is 0.610. The molecule has 30 heavy (non-hydrogen) atoms. The molecule has 3 N–H and O–H groups in total. The van der Waals surface area contributed by atoms with Crippen LogP contribution >= 0.6 is 0 Å². The minimum Gasteiger partial charge on any atom is -0.477 e.